The number of anilines is 2. The van der Waals surface area contributed by atoms with Crippen LogP contribution in [0, 0.1) is 5.92 Å². The predicted molar refractivity (Wildman–Crippen MR) is 117 cm³/mol. The maximum absolute atomic E-state index is 12.6. The number of nitrogens with zero attached hydrogens (tertiary/aromatic N) is 5. The Hall–Kier alpha value is -2.28. The molecule has 2 fully saturated rings. The van der Waals surface area contributed by atoms with Crippen molar-refractivity contribution in [1.82, 2.24) is 19.2 Å². The molecule has 1 aromatic carbocycles. The third-order valence-corrected chi connectivity index (χ3v) is 6.51. The third-order valence-electron chi connectivity index (χ3n) is 6.51. The van der Waals surface area contributed by atoms with E-state index in [9.17, 15) is 4.79 Å². The van der Waals surface area contributed by atoms with Crippen molar-refractivity contribution in [1.29, 1.82) is 0 Å². The summed E-state index contributed by atoms with van der Waals surface area (Å²) in [6, 6.07) is 8.13. The second-order valence-electron chi connectivity index (χ2n) is 8.61. The summed E-state index contributed by atoms with van der Waals surface area (Å²) in [4.78, 5) is 17.4. The van der Waals surface area contributed by atoms with E-state index < -0.39 is 0 Å². The molecule has 2 N–H and O–H groups in total. The van der Waals surface area contributed by atoms with Gasteiger partial charge in [-0.2, -0.15) is 5.10 Å². The molecule has 7 nitrogen and oxygen atoms in total. The largest absolute Gasteiger partial charge is 0.399 e. The van der Waals surface area contributed by atoms with Crippen LogP contribution in [0.25, 0.3) is 0 Å². The van der Waals surface area contributed by atoms with Gasteiger partial charge >= 0.3 is 5.69 Å². The molecule has 1 saturated heterocycles. The Morgan fingerprint density at radius 2 is 1.86 bits per heavy atom. The van der Waals surface area contributed by atoms with Gasteiger partial charge < -0.3 is 10.6 Å². The first-order valence-electron chi connectivity index (χ1n) is 11.1. The van der Waals surface area contributed by atoms with Crippen molar-refractivity contribution in [3.05, 3.63) is 40.6 Å². The van der Waals surface area contributed by atoms with Crippen LogP contribution in [0.3, 0.4) is 0 Å². The Bertz CT molecular complexity index is 858. The number of nitrogen functional groups attached to an aromatic ring is 1. The Balaban J connectivity index is 1.32. The summed E-state index contributed by atoms with van der Waals surface area (Å²) >= 11 is 0. The smallest absolute Gasteiger partial charge is 0.345 e. The van der Waals surface area contributed by atoms with Crippen molar-refractivity contribution in [3.8, 4) is 0 Å². The number of aromatic nitrogens is 3. The first-order chi connectivity index (χ1) is 14.1. The lowest BCUT2D eigenvalue weighted by atomic mass is 9.89. The van der Waals surface area contributed by atoms with Gasteiger partial charge in [0.15, 0.2) is 0 Å². The summed E-state index contributed by atoms with van der Waals surface area (Å²) in [5.41, 5.74) is 7.99. The molecule has 0 atom stereocenters. The van der Waals surface area contributed by atoms with Gasteiger partial charge in [-0.05, 0) is 37.0 Å². The molecule has 2 aromatic rings. The first-order valence-corrected chi connectivity index (χ1v) is 11.1. The molecule has 7 heteroatoms. The van der Waals surface area contributed by atoms with Gasteiger partial charge in [0.25, 0.3) is 0 Å². The zero-order valence-corrected chi connectivity index (χ0v) is 17.6. The fraction of sp³-hybridized carbons (Fsp3) is 0.636. The summed E-state index contributed by atoms with van der Waals surface area (Å²) in [5.74, 6) is 1.58. The van der Waals surface area contributed by atoms with Gasteiger partial charge in [-0.15, -0.1) is 0 Å². The minimum atomic E-state index is 0.0389. The van der Waals surface area contributed by atoms with E-state index in [1.807, 2.05) is 22.8 Å². The average molecular weight is 399 g/mol. The third kappa shape index (κ3) is 4.83. The summed E-state index contributed by atoms with van der Waals surface area (Å²) in [7, 11) is 1.77. The number of piperazine rings is 1. The highest BCUT2D eigenvalue weighted by Crippen LogP contribution is 2.25. The predicted octanol–water partition coefficient (Wildman–Crippen LogP) is 2.11. The van der Waals surface area contributed by atoms with Crippen LogP contribution in [-0.2, 0) is 20.0 Å². The molecule has 0 bridgehead atoms. The normalized spacial score (nSPS) is 19.0. The molecule has 0 amide bonds. The zero-order chi connectivity index (χ0) is 20.2. The van der Waals surface area contributed by atoms with Crippen molar-refractivity contribution in [2.75, 3.05) is 43.4 Å². The van der Waals surface area contributed by atoms with Crippen LogP contribution in [0.4, 0.5) is 11.4 Å². The summed E-state index contributed by atoms with van der Waals surface area (Å²) in [6.45, 7) is 5.83. The molecule has 29 heavy (non-hydrogen) atoms. The number of hydrogen-bond donors (Lipinski definition) is 1. The van der Waals surface area contributed by atoms with Gasteiger partial charge in [-0.1, -0.05) is 25.3 Å². The van der Waals surface area contributed by atoms with Crippen LogP contribution in [0.1, 0.15) is 37.9 Å². The lowest BCUT2D eigenvalue weighted by Gasteiger charge is -2.36. The molecule has 4 rings (SSSR count). The lowest BCUT2D eigenvalue weighted by Crippen LogP contribution is -2.47. The number of rotatable bonds is 6. The van der Waals surface area contributed by atoms with E-state index in [0.717, 1.165) is 57.2 Å². The van der Waals surface area contributed by atoms with Crippen molar-refractivity contribution in [2.24, 2.45) is 13.0 Å². The molecular formula is C22H34N6O. The van der Waals surface area contributed by atoms with Crippen molar-refractivity contribution < 1.29 is 0 Å². The second-order valence-corrected chi connectivity index (χ2v) is 8.61. The Kier molecular flexibility index (Phi) is 6.23. The molecule has 0 radical (unpaired) electrons. The Labute approximate surface area is 173 Å². The molecular weight excluding hydrogens is 364 g/mol. The first kappa shape index (κ1) is 20.0. The monoisotopic (exact) mass is 398 g/mol. The molecule has 158 valence electrons. The number of benzene rings is 1. The van der Waals surface area contributed by atoms with Gasteiger partial charge in [0.05, 0.1) is 0 Å². The second kappa shape index (κ2) is 9.03. The van der Waals surface area contributed by atoms with Crippen LogP contribution in [0.15, 0.2) is 29.1 Å². The molecule has 1 aliphatic heterocycles. The van der Waals surface area contributed by atoms with Crippen LogP contribution in [-0.4, -0.2) is 52.0 Å². The van der Waals surface area contributed by atoms with Gasteiger partial charge in [-0.25, -0.2) is 9.48 Å². The van der Waals surface area contributed by atoms with Crippen LogP contribution >= 0.6 is 0 Å². The van der Waals surface area contributed by atoms with Crippen molar-refractivity contribution in [2.45, 2.75) is 45.1 Å². The number of hydrogen-bond acceptors (Lipinski definition) is 5. The van der Waals surface area contributed by atoms with Crippen LogP contribution in [0.2, 0.25) is 0 Å². The van der Waals surface area contributed by atoms with E-state index in [-0.39, 0.29) is 5.69 Å². The highest BCUT2D eigenvalue weighted by atomic mass is 16.2. The maximum atomic E-state index is 12.6. The molecule has 1 saturated carbocycles. The van der Waals surface area contributed by atoms with Crippen molar-refractivity contribution in [3.63, 3.8) is 0 Å². The van der Waals surface area contributed by atoms with E-state index in [0.29, 0.717) is 5.92 Å². The SMILES string of the molecule is Cn1nc(CCN2CCN(c3cccc(N)c3)CC2)n(CC2CCCCC2)c1=O. The molecule has 1 aromatic heterocycles. The molecule has 2 aliphatic rings. The van der Waals surface area contributed by atoms with Crippen LogP contribution < -0.4 is 16.3 Å². The summed E-state index contributed by atoms with van der Waals surface area (Å²) < 4.78 is 3.45. The zero-order valence-electron chi connectivity index (χ0n) is 17.6. The van der Waals surface area contributed by atoms with Gasteiger partial charge in [0, 0.05) is 64.1 Å². The topological polar surface area (TPSA) is 72.3 Å². The van der Waals surface area contributed by atoms with Crippen LogP contribution in [0.5, 0.6) is 0 Å². The minimum Gasteiger partial charge on any atom is -0.399 e. The highest BCUT2D eigenvalue weighted by molar-refractivity contribution is 5.56. The van der Waals surface area contributed by atoms with Gasteiger partial charge in [-0.3, -0.25) is 9.47 Å². The van der Waals surface area contributed by atoms with Gasteiger partial charge in [0.1, 0.15) is 5.82 Å². The minimum absolute atomic E-state index is 0.0389. The molecule has 1 aliphatic carbocycles. The molecule has 2 heterocycles. The Morgan fingerprint density at radius 1 is 1.10 bits per heavy atom. The highest BCUT2D eigenvalue weighted by Gasteiger charge is 2.21. The Morgan fingerprint density at radius 3 is 2.59 bits per heavy atom. The molecule has 0 spiro atoms. The average Bonchev–Trinajstić information content (AvgIpc) is 3.01. The summed E-state index contributed by atoms with van der Waals surface area (Å²) in [5, 5.41) is 4.55. The molecule has 0 unspecified atom stereocenters. The fourth-order valence-electron chi connectivity index (χ4n) is 4.76. The van der Waals surface area contributed by atoms with E-state index in [1.165, 1.54) is 42.5 Å². The number of aryl methyl sites for hydroxylation is 1. The standard InChI is InChI=1S/C22H34N6O/c1-25-22(29)28(17-18-6-3-2-4-7-18)21(24-25)10-11-26-12-14-27(15-13-26)20-9-5-8-19(23)16-20/h5,8-9,16,18H,2-4,6-7,10-15,17,23H2,1H3. The maximum Gasteiger partial charge on any atom is 0.345 e. The van der Waals surface area contributed by atoms with Gasteiger partial charge in [0.2, 0.25) is 0 Å². The quantitative estimate of drug-likeness (QED) is 0.755. The van der Waals surface area contributed by atoms with E-state index in [4.69, 9.17) is 5.73 Å². The summed E-state index contributed by atoms with van der Waals surface area (Å²) in [6.07, 6.45) is 7.26. The van der Waals surface area contributed by atoms with E-state index in [2.05, 4.69) is 21.0 Å². The van der Waals surface area contributed by atoms with E-state index in [1.54, 1.807) is 7.05 Å². The van der Waals surface area contributed by atoms with E-state index >= 15 is 0 Å². The fourth-order valence-corrected chi connectivity index (χ4v) is 4.76. The van der Waals surface area contributed by atoms with Crippen molar-refractivity contribution >= 4 is 11.4 Å². The number of nitrogens with two attached hydrogens (primary N) is 1. The lowest BCUT2D eigenvalue weighted by molar-refractivity contribution is 0.256.